The van der Waals surface area contributed by atoms with Crippen molar-refractivity contribution in [3.05, 3.63) is 35.9 Å². The largest absolute Gasteiger partial charge is 0.388 e. The zero-order valence-electron chi connectivity index (χ0n) is 11.2. The molecule has 4 heteroatoms. The van der Waals surface area contributed by atoms with E-state index in [4.69, 9.17) is 0 Å². The Balaban J connectivity index is 2.45. The maximum Gasteiger partial charge on any atom is 0.0992 e. The van der Waals surface area contributed by atoms with E-state index in [0.29, 0.717) is 0 Å². The zero-order chi connectivity index (χ0) is 13.1. The lowest BCUT2D eigenvalue weighted by Gasteiger charge is -2.23. The van der Waals surface area contributed by atoms with E-state index >= 15 is 0 Å². The molecule has 0 aliphatic heterocycles. The van der Waals surface area contributed by atoms with Crippen molar-refractivity contribution < 1.29 is 5.11 Å². The highest BCUT2D eigenvalue weighted by Crippen LogP contribution is 2.30. The monoisotopic (exact) mass is 247 g/mol. The van der Waals surface area contributed by atoms with Crippen molar-refractivity contribution >= 4 is 5.52 Å². The fourth-order valence-electron chi connectivity index (χ4n) is 2.48. The van der Waals surface area contributed by atoms with Crippen molar-refractivity contribution in [2.75, 3.05) is 13.6 Å². The molecule has 2 atom stereocenters. The molecule has 2 N–H and O–H groups in total. The number of aromatic nitrogens is 2. The molecule has 0 radical (unpaired) electrons. The Morgan fingerprint density at radius 1 is 1.50 bits per heavy atom. The average molecular weight is 247 g/mol. The van der Waals surface area contributed by atoms with Crippen LogP contribution >= 0.6 is 0 Å². The summed E-state index contributed by atoms with van der Waals surface area (Å²) in [6, 6.07) is 2.03. The maximum atomic E-state index is 10.6. The minimum Gasteiger partial charge on any atom is -0.388 e. The number of aryl methyl sites for hydroxylation is 1. The van der Waals surface area contributed by atoms with Crippen LogP contribution in [0.5, 0.6) is 0 Å². The number of nitrogens with zero attached hydrogens (tertiary/aromatic N) is 2. The van der Waals surface area contributed by atoms with E-state index in [9.17, 15) is 5.11 Å². The first-order chi connectivity index (χ1) is 8.69. The fourth-order valence-corrected chi connectivity index (χ4v) is 2.48. The molecular weight excluding hydrogens is 226 g/mol. The van der Waals surface area contributed by atoms with Gasteiger partial charge < -0.3 is 14.8 Å². The van der Waals surface area contributed by atoms with E-state index in [1.807, 2.05) is 36.8 Å². The van der Waals surface area contributed by atoms with Crippen molar-refractivity contribution in [3.8, 4) is 0 Å². The number of aliphatic hydroxyl groups excluding tert-OH is 1. The van der Waals surface area contributed by atoms with Gasteiger partial charge in [-0.05, 0) is 32.0 Å². The van der Waals surface area contributed by atoms with Crippen LogP contribution in [-0.4, -0.2) is 28.1 Å². The van der Waals surface area contributed by atoms with E-state index in [-0.39, 0.29) is 5.92 Å². The zero-order valence-corrected chi connectivity index (χ0v) is 11.2. The van der Waals surface area contributed by atoms with Gasteiger partial charge in [0.05, 0.1) is 24.1 Å². The minimum atomic E-state index is -0.456. The van der Waals surface area contributed by atoms with Gasteiger partial charge in [-0.15, -0.1) is 0 Å². The number of hydrogen-bond acceptors (Lipinski definition) is 3. The second-order valence-corrected chi connectivity index (χ2v) is 4.77. The van der Waals surface area contributed by atoms with E-state index < -0.39 is 6.10 Å². The van der Waals surface area contributed by atoms with Gasteiger partial charge in [-0.1, -0.05) is 6.92 Å². The molecular formula is C14H21N3O. The first-order valence-corrected chi connectivity index (χ1v) is 6.42. The van der Waals surface area contributed by atoms with Crippen LogP contribution in [0, 0.1) is 12.8 Å². The molecule has 0 aliphatic carbocycles. The summed E-state index contributed by atoms with van der Waals surface area (Å²) in [6.07, 6.45) is 6.05. The van der Waals surface area contributed by atoms with Gasteiger partial charge in [0.25, 0.3) is 0 Å². The molecule has 2 heterocycles. The van der Waals surface area contributed by atoms with Crippen LogP contribution in [-0.2, 0) is 0 Å². The standard InChI is InChI=1S/C14H21N3O/c1-4-11(7-15-3)14(18)13-10(2)5-6-17-9-16-8-12(13)17/h5-6,8-9,11,14-15,18H,4,7H2,1-3H3. The normalized spacial score (nSPS) is 14.9. The summed E-state index contributed by atoms with van der Waals surface area (Å²) in [5.41, 5.74) is 3.11. The molecule has 0 fully saturated rings. The minimum absolute atomic E-state index is 0.217. The number of fused-ring (bicyclic) bond motifs is 1. The predicted octanol–water partition coefficient (Wildman–Crippen LogP) is 1.92. The molecule has 0 bridgehead atoms. The molecule has 2 rings (SSSR count). The molecule has 0 aliphatic rings. The number of hydrogen-bond donors (Lipinski definition) is 2. The van der Waals surface area contributed by atoms with Crippen molar-refractivity contribution in [3.63, 3.8) is 0 Å². The van der Waals surface area contributed by atoms with Gasteiger partial charge in [0.2, 0.25) is 0 Å². The van der Waals surface area contributed by atoms with Crippen molar-refractivity contribution in [2.24, 2.45) is 5.92 Å². The second kappa shape index (κ2) is 5.50. The maximum absolute atomic E-state index is 10.6. The van der Waals surface area contributed by atoms with Gasteiger partial charge in [0.15, 0.2) is 0 Å². The van der Waals surface area contributed by atoms with Gasteiger partial charge in [0.1, 0.15) is 0 Å². The highest BCUT2D eigenvalue weighted by molar-refractivity contribution is 5.57. The molecule has 0 amide bonds. The molecule has 0 aromatic carbocycles. The third-order valence-corrected chi connectivity index (χ3v) is 3.58. The lowest BCUT2D eigenvalue weighted by atomic mass is 9.91. The van der Waals surface area contributed by atoms with Gasteiger partial charge in [-0.2, -0.15) is 0 Å². The Morgan fingerprint density at radius 2 is 2.28 bits per heavy atom. The lowest BCUT2D eigenvalue weighted by molar-refractivity contribution is 0.106. The van der Waals surface area contributed by atoms with Crippen LogP contribution in [0.2, 0.25) is 0 Å². The summed E-state index contributed by atoms with van der Waals surface area (Å²) < 4.78 is 1.96. The number of aliphatic hydroxyl groups is 1. The van der Waals surface area contributed by atoms with Crippen LogP contribution < -0.4 is 5.32 Å². The van der Waals surface area contributed by atoms with E-state index in [1.54, 1.807) is 6.33 Å². The molecule has 0 saturated carbocycles. The Morgan fingerprint density at radius 3 is 2.94 bits per heavy atom. The molecule has 2 aromatic rings. The Hall–Kier alpha value is -1.39. The molecule has 4 nitrogen and oxygen atoms in total. The van der Waals surface area contributed by atoms with Crippen LogP contribution in [0.3, 0.4) is 0 Å². The average Bonchev–Trinajstić information content (AvgIpc) is 2.83. The van der Waals surface area contributed by atoms with Gasteiger partial charge in [-0.25, -0.2) is 4.98 Å². The van der Waals surface area contributed by atoms with Gasteiger partial charge in [-0.3, -0.25) is 0 Å². The molecule has 18 heavy (non-hydrogen) atoms. The SMILES string of the molecule is CCC(CNC)C(O)c1c(C)ccn2cncc12. The number of nitrogens with one attached hydrogen (secondary N) is 1. The number of pyridine rings is 1. The Labute approximate surface area is 108 Å². The van der Waals surface area contributed by atoms with E-state index in [2.05, 4.69) is 17.2 Å². The Kier molecular flexibility index (Phi) is 3.99. The number of rotatable bonds is 5. The summed E-state index contributed by atoms with van der Waals surface area (Å²) in [4.78, 5) is 4.15. The molecule has 2 aromatic heterocycles. The van der Waals surface area contributed by atoms with Crippen molar-refractivity contribution in [1.29, 1.82) is 0 Å². The summed E-state index contributed by atoms with van der Waals surface area (Å²) in [6.45, 7) is 4.96. The summed E-state index contributed by atoms with van der Waals surface area (Å²) >= 11 is 0. The first-order valence-electron chi connectivity index (χ1n) is 6.42. The number of imidazole rings is 1. The summed E-state index contributed by atoms with van der Waals surface area (Å²) in [7, 11) is 1.92. The molecule has 0 spiro atoms. The van der Waals surface area contributed by atoms with Crippen LogP contribution in [0.15, 0.2) is 24.8 Å². The molecule has 2 unspecified atom stereocenters. The highest BCUT2D eigenvalue weighted by Gasteiger charge is 2.22. The topological polar surface area (TPSA) is 49.6 Å². The van der Waals surface area contributed by atoms with Crippen molar-refractivity contribution in [2.45, 2.75) is 26.4 Å². The molecule has 0 saturated heterocycles. The van der Waals surface area contributed by atoms with E-state index in [1.165, 1.54) is 0 Å². The third-order valence-electron chi connectivity index (χ3n) is 3.58. The lowest BCUT2D eigenvalue weighted by Crippen LogP contribution is -2.25. The quantitative estimate of drug-likeness (QED) is 0.848. The van der Waals surface area contributed by atoms with Crippen LogP contribution in [0.1, 0.15) is 30.6 Å². The third kappa shape index (κ3) is 2.26. The van der Waals surface area contributed by atoms with Crippen LogP contribution in [0.25, 0.3) is 5.52 Å². The van der Waals surface area contributed by atoms with Gasteiger partial charge in [0, 0.05) is 24.2 Å². The van der Waals surface area contributed by atoms with E-state index in [0.717, 1.165) is 29.6 Å². The second-order valence-electron chi connectivity index (χ2n) is 4.77. The Bertz CT molecular complexity index is 521. The summed E-state index contributed by atoms with van der Waals surface area (Å²) in [5, 5.41) is 13.8. The van der Waals surface area contributed by atoms with Crippen LogP contribution in [0.4, 0.5) is 0 Å². The van der Waals surface area contributed by atoms with Crippen molar-refractivity contribution in [1.82, 2.24) is 14.7 Å². The fraction of sp³-hybridized carbons (Fsp3) is 0.500. The molecule has 98 valence electrons. The smallest absolute Gasteiger partial charge is 0.0992 e. The summed E-state index contributed by atoms with van der Waals surface area (Å²) in [5.74, 6) is 0.217. The van der Waals surface area contributed by atoms with Gasteiger partial charge >= 0.3 is 0 Å². The highest BCUT2D eigenvalue weighted by atomic mass is 16.3. The predicted molar refractivity (Wildman–Crippen MR) is 72.6 cm³/mol. The first kappa shape index (κ1) is 13.1.